The van der Waals surface area contributed by atoms with E-state index in [9.17, 15) is 4.79 Å². The zero-order valence-electron chi connectivity index (χ0n) is 7.08. The standard InChI is InChI=1S/C9H7Cl2NO2/c10-7-2-8(11)12-3-6(7)4-1-5(4)9(13)14/h2-5H,1H2,(H,13,14). The highest BCUT2D eigenvalue weighted by molar-refractivity contribution is 6.34. The lowest BCUT2D eigenvalue weighted by atomic mass is 10.1. The summed E-state index contributed by atoms with van der Waals surface area (Å²) in [6.45, 7) is 0. The van der Waals surface area contributed by atoms with E-state index in [0.29, 0.717) is 16.6 Å². The lowest BCUT2D eigenvalue weighted by molar-refractivity contribution is -0.138. The van der Waals surface area contributed by atoms with E-state index in [1.54, 1.807) is 6.20 Å². The van der Waals surface area contributed by atoms with E-state index in [0.717, 1.165) is 5.56 Å². The van der Waals surface area contributed by atoms with E-state index in [4.69, 9.17) is 28.3 Å². The van der Waals surface area contributed by atoms with Gasteiger partial charge in [-0.1, -0.05) is 23.2 Å². The second-order valence-electron chi connectivity index (χ2n) is 3.32. The quantitative estimate of drug-likeness (QED) is 0.797. The second-order valence-corrected chi connectivity index (χ2v) is 4.11. The van der Waals surface area contributed by atoms with E-state index >= 15 is 0 Å². The van der Waals surface area contributed by atoms with E-state index in [1.807, 2.05) is 0 Å². The number of carboxylic acids is 1. The highest BCUT2D eigenvalue weighted by Gasteiger charge is 2.45. The van der Waals surface area contributed by atoms with Gasteiger partial charge in [0.05, 0.1) is 5.92 Å². The number of aliphatic carboxylic acids is 1. The fourth-order valence-corrected chi connectivity index (χ4v) is 2.01. The lowest BCUT2D eigenvalue weighted by Gasteiger charge is -2.01. The van der Waals surface area contributed by atoms with Crippen LogP contribution in [0.3, 0.4) is 0 Å². The number of rotatable bonds is 2. The summed E-state index contributed by atoms with van der Waals surface area (Å²) in [6, 6.07) is 1.54. The van der Waals surface area contributed by atoms with Gasteiger partial charge in [0.1, 0.15) is 5.15 Å². The minimum Gasteiger partial charge on any atom is -0.481 e. The largest absolute Gasteiger partial charge is 0.481 e. The Morgan fingerprint density at radius 3 is 2.79 bits per heavy atom. The maximum atomic E-state index is 10.6. The summed E-state index contributed by atoms with van der Waals surface area (Å²) in [5.74, 6) is -1.08. The van der Waals surface area contributed by atoms with Crippen LogP contribution in [-0.4, -0.2) is 16.1 Å². The number of halogens is 2. The van der Waals surface area contributed by atoms with Gasteiger partial charge in [-0.25, -0.2) is 4.98 Å². The Morgan fingerprint density at radius 1 is 1.57 bits per heavy atom. The van der Waals surface area contributed by atoms with Crippen molar-refractivity contribution in [1.29, 1.82) is 0 Å². The maximum Gasteiger partial charge on any atom is 0.307 e. The van der Waals surface area contributed by atoms with Gasteiger partial charge in [0.25, 0.3) is 0 Å². The number of carboxylic acid groups (broad SMARTS) is 1. The Hall–Kier alpha value is -0.800. The molecule has 2 atom stereocenters. The SMILES string of the molecule is O=C(O)C1CC1c1cnc(Cl)cc1Cl. The number of hydrogen-bond donors (Lipinski definition) is 1. The number of hydrogen-bond acceptors (Lipinski definition) is 2. The molecule has 0 amide bonds. The predicted molar refractivity (Wildman–Crippen MR) is 52.7 cm³/mol. The van der Waals surface area contributed by atoms with Crippen molar-refractivity contribution in [2.45, 2.75) is 12.3 Å². The molecule has 1 fully saturated rings. The Morgan fingerprint density at radius 2 is 2.29 bits per heavy atom. The number of nitrogens with zero attached hydrogens (tertiary/aromatic N) is 1. The van der Waals surface area contributed by atoms with Crippen molar-refractivity contribution in [1.82, 2.24) is 4.98 Å². The van der Waals surface area contributed by atoms with Crippen LogP contribution in [0.25, 0.3) is 0 Å². The van der Waals surface area contributed by atoms with Crippen molar-refractivity contribution in [3.05, 3.63) is 28.0 Å². The normalized spacial score (nSPS) is 24.7. The molecule has 0 saturated heterocycles. The van der Waals surface area contributed by atoms with Crippen LogP contribution in [0.15, 0.2) is 12.3 Å². The van der Waals surface area contributed by atoms with Crippen LogP contribution in [0.4, 0.5) is 0 Å². The first-order chi connectivity index (χ1) is 6.59. The van der Waals surface area contributed by atoms with Gasteiger partial charge in [0.15, 0.2) is 0 Å². The average Bonchev–Trinajstić information content (AvgIpc) is 2.83. The maximum absolute atomic E-state index is 10.6. The van der Waals surface area contributed by atoms with E-state index in [1.165, 1.54) is 6.07 Å². The molecule has 1 saturated carbocycles. The minimum atomic E-state index is -0.777. The Kier molecular flexibility index (Phi) is 2.37. The van der Waals surface area contributed by atoms with Crippen LogP contribution in [0.5, 0.6) is 0 Å². The van der Waals surface area contributed by atoms with Gasteiger partial charge in [-0.05, 0) is 18.1 Å². The fraction of sp³-hybridized carbons (Fsp3) is 0.333. The molecule has 0 radical (unpaired) electrons. The Bertz CT molecular complexity index is 394. The summed E-state index contributed by atoms with van der Waals surface area (Å²) in [7, 11) is 0. The second kappa shape index (κ2) is 3.41. The molecule has 5 heteroatoms. The number of pyridine rings is 1. The number of carbonyl (C=O) groups is 1. The van der Waals surface area contributed by atoms with Gasteiger partial charge in [0.2, 0.25) is 0 Å². The monoisotopic (exact) mass is 231 g/mol. The van der Waals surface area contributed by atoms with Gasteiger partial charge in [0, 0.05) is 17.1 Å². The first kappa shape index (κ1) is 9.74. The van der Waals surface area contributed by atoms with Crippen molar-refractivity contribution in [3.63, 3.8) is 0 Å². The molecule has 0 bridgehead atoms. The summed E-state index contributed by atoms with van der Waals surface area (Å²) in [5.41, 5.74) is 0.781. The van der Waals surface area contributed by atoms with Crippen LogP contribution in [0.2, 0.25) is 10.2 Å². The van der Waals surface area contributed by atoms with Crippen molar-refractivity contribution < 1.29 is 9.90 Å². The van der Waals surface area contributed by atoms with Crippen molar-refractivity contribution in [2.75, 3.05) is 0 Å². The van der Waals surface area contributed by atoms with Crippen molar-refractivity contribution in [2.24, 2.45) is 5.92 Å². The highest BCUT2D eigenvalue weighted by Crippen LogP contribution is 2.49. The molecule has 0 spiro atoms. The molecule has 2 unspecified atom stereocenters. The molecule has 1 aliphatic carbocycles. The Labute approximate surface area is 90.7 Å². The molecular formula is C9H7Cl2NO2. The van der Waals surface area contributed by atoms with E-state index < -0.39 is 5.97 Å². The number of aromatic nitrogens is 1. The molecule has 1 N–H and O–H groups in total. The van der Waals surface area contributed by atoms with E-state index in [-0.39, 0.29) is 11.8 Å². The van der Waals surface area contributed by atoms with Crippen LogP contribution in [0.1, 0.15) is 17.9 Å². The molecule has 74 valence electrons. The molecule has 3 nitrogen and oxygen atoms in total. The third-order valence-corrected chi connectivity index (χ3v) is 2.89. The van der Waals surface area contributed by atoms with Crippen LogP contribution in [0, 0.1) is 5.92 Å². The first-order valence-electron chi connectivity index (χ1n) is 4.13. The van der Waals surface area contributed by atoms with Gasteiger partial charge in [-0.3, -0.25) is 4.79 Å². The lowest BCUT2D eigenvalue weighted by Crippen LogP contribution is -1.99. The molecule has 1 aliphatic rings. The molecule has 1 aromatic rings. The molecular weight excluding hydrogens is 225 g/mol. The first-order valence-corrected chi connectivity index (χ1v) is 4.89. The zero-order valence-corrected chi connectivity index (χ0v) is 8.59. The van der Waals surface area contributed by atoms with Gasteiger partial charge in [-0.2, -0.15) is 0 Å². The third-order valence-electron chi connectivity index (χ3n) is 2.36. The van der Waals surface area contributed by atoms with Crippen LogP contribution < -0.4 is 0 Å². The molecule has 0 aromatic carbocycles. The van der Waals surface area contributed by atoms with Crippen LogP contribution >= 0.6 is 23.2 Å². The molecule has 14 heavy (non-hydrogen) atoms. The third kappa shape index (κ3) is 1.70. The molecule has 1 heterocycles. The van der Waals surface area contributed by atoms with E-state index in [2.05, 4.69) is 4.98 Å². The fourth-order valence-electron chi connectivity index (χ4n) is 1.50. The minimum absolute atomic E-state index is 0.00441. The Balaban J connectivity index is 2.23. The summed E-state index contributed by atoms with van der Waals surface area (Å²) >= 11 is 11.5. The highest BCUT2D eigenvalue weighted by atomic mass is 35.5. The zero-order chi connectivity index (χ0) is 10.3. The summed E-state index contributed by atoms with van der Waals surface area (Å²) in [4.78, 5) is 14.5. The summed E-state index contributed by atoms with van der Waals surface area (Å²) in [5, 5.41) is 9.57. The van der Waals surface area contributed by atoms with Gasteiger partial charge >= 0.3 is 5.97 Å². The summed E-state index contributed by atoms with van der Waals surface area (Å²) in [6.07, 6.45) is 2.19. The molecule has 1 aromatic heterocycles. The summed E-state index contributed by atoms with van der Waals surface area (Å²) < 4.78 is 0. The average molecular weight is 232 g/mol. The smallest absolute Gasteiger partial charge is 0.307 e. The molecule has 0 aliphatic heterocycles. The topological polar surface area (TPSA) is 50.2 Å². The predicted octanol–water partition coefficient (Wildman–Crippen LogP) is 2.58. The van der Waals surface area contributed by atoms with Gasteiger partial charge < -0.3 is 5.11 Å². The van der Waals surface area contributed by atoms with Gasteiger partial charge in [-0.15, -0.1) is 0 Å². The van der Waals surface area contributed by atoms with Crippen molar-refractivity contribution >= 4 is 29.2 Å². The van der Waals surface area contributed by atoms with Crippen molar-refractivity contribution in [3.8, 4) is 0 Å². The van der Waals surface area contributed by atoms with Crippen LogP contribution in [-0.2, 0) is 4.79 Å². The molecule has 2 rings (SSSR count).